The van der Waals surface area contributed by atoms with Crippen LogP contribution < -0.4 is 0 Å². The highest BCUT2D eigenvalue weighted by Crippen LogP contribution is 2.56. The van der Waals surface area contributed by atoms with Gasteiger partial charge in [-0.05, 0) is 114 Å². The van der Waals surface area contributed by atoms with Gasteiger partial charge in [-0.1, -0.05) is 340 Å². The molecule has 0 amide bonds. The Hall–Kier alpha value is -5.46. The first-order valence-electron chi connectivity index (χ1n) is 31.3. The highest BCUT2D eigenvalue weighted by atomic mass is 14.5. The summed E-state index contributed by atoms with van der Waals surface area (Å²) in [6, 6.07) is 52.2. The Morgan fingerprint density at radius 1 is 0.263 bits per heavy atom. The van der Waals surface area contributed by atoms with Gasteiger partial charge in [-0.25, -0.2) is 0 Å². The van der Waals surface area contributed by atoms with Crippen molar-refractivity contribution in [2.24, 2.45) is 0 Å². The first kappa shape index (κ1) is 55.3. The van der Waals surface area contributed by atoms with Crippen LogP contribution in [0.1, 0.15) is 252 Å². The summed E-state index contributed by atoms with van der Waals surface area (Å²) in [4.78, 5) is 0. The van der Waals surface area contributed by atoms with Crippen LogP contribution in [0.3, 0.4) is 0 Å². The molecule has 9 rings (SSSR count). The molecule has 0 aromatic heterocycles. The zero-order valence-electron chi connectivity index (χ0n) is 47.8. The highest BCUT2D eigenvalue weighted by molar-refractivity contribution is 6.14. The van der Waals surface area contributed by atoms with Crippen LogP contribution in [0, 0.1) is 0 Å². The summed E-state index contributed by atoms with van der Waals surface area (Å²) in [7, 11) is 0. The number of rotatable bonds is 32. The fourth-order valence-electron chi connectivity index (χ4n) is 14.2. The van der Waals surface area contributed by atoms with Gasteiger partial charge in [-0.3, -0.25) is 0 Å². The van der Waals surface area contributed by atoms with E-state index in [1.807, 2.05) is 0 Å². The van der Waals surface area contributed by atoms with Crippen molar-refractivity contribution >= 4 is 45.8 Å². The Kier molecular flexibility index (Phi) is 20.2. The zero-order chi connectivity index (χ0) is 52.4. The molecule has 0 spiro atoms. The van der Waals surface area contributed by atoms with Crippen molar-refractivity contribution in [3.8, 4) is 22.3 Å². The van der Waals surface area contributed by atoms with Crippen LogP contribution in [0.2, 0.25) is 0 Å². The monoisotopic (exact) mass is 1010 g/mol. The van der Waals surface area contributed by atoms with Crippen LogP contribution in [0.5, 0.6) is 0 Å². The van der Waals surface area contributed by atoms with E-state index in [1.54, 1.807) is 22.3 Å². The second kappa shape index (κ2) is 27.7. The molecule has 0 heteroatoms. The summed E-state index contributed by atoms with van der Waals surface area (Å²) in [6.45, 7) is 9.32. The van der Waals surface area contributed by atoms with Gasteiger partial charge in [0.25, 0.3) is 0 Å². The van der Waals surface area contributed by atoms with Gasteiger partial charge in [0.05, 0.1) is 0 Å². The van der Waals surface area contributed by atoms with E-state index in [0.717, 1.165) is 0 Å². The van der Waals surface area contributed by atoms with Crippen molar-refractivity contribution < 1.29 is 0 Å². The second-order valence-corrected chi connectivity index (χ2v) is 23.5. The molecule has 7 aromatic carbocycles. The molecule has 0 atom stereocenters. The fraction of sp³-hybridized carbons (Fsp3) is 0.447. The normalized spacial score (nSPS) is 14.1. The summed E-state index contributed by atoms with van der Waals surface area (Å²) in [5.41, 5.74) is 17.6. The molecule has 0 aliphatic heterocycles. The minimum atomic E-state index is 0.0742. The summed E-state index contributed by atoms with van der Waals surface area (Å²) in [6.07, 6.45) is 46.8. The maximum Gasteiger partial charge on any atom is 0.0215 e. The van der Waals surface area contributed by atoms with Crippen LogP contribution in [0.25, 0.3) is 68.1 Å². The van der Waals surface area contributed by atoms with E-state index in [2.05, 4.69) is 185 Å². The third-order valence-electron chi connectivity index (χ3n) is 18.3. The molecular formula is C76H94. The fourth-order valence-corrected chi connectivity index (χ4v) is 14.2. The van der Waals surface area contributed by atoms with Gasteiger partial charge in [-0.2, -0.15) is 0 Å². The van der Waals surface area contributed by atoms with Gasteiger partial charge >= 0.3 is 0 Å². The SMILES string of the molecule is CCCCCCCCC1(CCCCCCCC)c2ccccc2-c2ccc(/C=C/c3c4ccccc4c(/C=C/c4ccc5c(c4)C(CCCCCCCC)(CCCCCCCC)c4ccccc4-5)c4ccccc34)cc21. The Bertz CT molecular complexity index is 2710. The lowest BCUT2D eigenvalue weighted by atomic mass is 9.70. The van der Waals surface area contributed by atoms with Crippen molar-refractivity contribution in [2.45, 2.75) is 218 Å². The summed E-state index contributed by atoms with van der Waals surface area (Å²) < 4.78 is 0. The van der Waals surface area contributed by atoms with Crippen LogP contribution in [0.4, 0.5) is 0 Å². The molecule has 0 saturated heterocycles. The number of benzene rings is 7. The molecule has 0 bridgehead atoms. The van der Waals surface area contributed by atoms with Crippen LogP contribution >= 0.6 is 0 Å². The maximum absolute atomic E-state index is 2.60. The van der Waals surface area contributed by atoms with Gasteiger partial charge in [0, 0.05) is 10.8 Å². The predicted molar refractivity (Wildman–Crippen MR) is 337 cm³/mol. The third-order valence-corrected chi connectivity index (χ3v) is 18.3. The first-order valence-corrected chi connectivity index (χ1v) is 31.3. The van der Waals surface area contributed by atoms with Gasteiger partial charge in [0.1, 0.15) is 0 Å². The molecule has 76 heavy (non-hydrogen) atoms. The quantitative estimate of drug-likeness (QED) is 0.0224. The second-order valence-electron chi connectivity index (χ2n) is 23.5. The van der Waals surface area contributed by atoms with Gasteiger partial charge in [0.15, 0.2) is 0 Å². The molecule has 7 aromatic rings. The van der Waals surface area contributed by atoms with E-state index in [4.69, 9.17) is 0 Å². The minimum Gasteiger partial charge on any atom is -0.0654 e. The van der Waals surface area contributed by atoms with Crippen molar-refractivity contribution in [1.29, 1.82) is 0 Å². The molecule has 0 N–H and O–H groups in total. The summed E-state index contributed by atoms with van der Waals surface area (Å²) in [5, 5.41) is 5.25. The summed E-state index contributed by atoms with van der Waals surface area (Å²) in [5.74, 6) is 0. The highest BCUT2D eigenvalue weighted by Gasteiger charge is 2.43. The van der Waals surface area contributed by atoms with Gasteiger partial charge in [-0.15, -0.1) is 0 Å². The molecule has 0 unspecified atom stereocenters. The van der Waals surface area contributed by atoms with Crippen LogP contribution in [-0.2, 0) is 10.8 Å². The Morgan fingerprint density at radius 2 is 0.539 bits per heavy atom. The largest absolute Gasteiger partial charge is 0.0654 e. The Balaban J connectivity index is 1.05. The van der Waals surface area contributed by atoms with E-state index in [9.17, 15) is 0 Å². The van der Waals surface area contributed by atoms with Crippen molar-refractivity contribution in [3.63, 3.8) is 0 Å². The smallest absolute Gasteiger partial charge is 0.0215 e. The zero-order valence-corrected chi connectivity index (χ0v) is 47.8. The molecule has 0 radical (unpaired) electrons. The topological polar surface area (TPSA) is 0 Å². The maximum atomic E-state index is 2.60. The van der Waals surface area contributed by atoms with Crippen LogP contribution in [-0.4, -0.2) is 0 Å². The molecule has 0 fully saturated rings. The number of hydrogen-bond donors (Lipinski definition) is 0. The minimum absolute atomic E-state index is 0.0742. The Morgan fingerprint density at radius 3 is 0.868 bits per heavy atom. The van der Waals surface area contributed by atoms with Gasteiger partial charge < -0.3 is 0 Å². The molecule has 2 aliphatic carbocycles. The van der Waals surface area contributed by atoms with Crippen molar-refractivity contribution in [3.05, 3.63) is 178 Å². The lowest BCUT2D eigenvalue weighted by molar-refractivity contribution is 0.398. The average Bonchev–Trinajstić information content (AvgIpc) is 3.88. The molecule has 0 saturated carbocycles. The van der Waals surface area contributed by atoms with Gasteiger partial charge in [0.2, 0.25) is 0 Å². The third kappa shape index (κ3) is 12.4. The van der Waals surface area contributed by atoms with E-state index in [1.165, 1.54) is 246 Å². The Labute approximate surface area is 462 Å². The molecule has 398 valence electrons. The van der Waals surface area contributed by atoms with Crippen molar-refractivity contribution in [2.75, 3.05) is 0 Å². The van der Waals surface area contributed by atoms with E-state index in [-0.39, 0.29) is 10.8 Å². The van der Waals surface area contributed by atoms with E-state index < -0.39 is 0 Å². The van der Waals surface area contributed by atoms with Crippen molar-refractivity contribution in [1.82, 2.24) is 0 Å². The molecule has 0 heterocycles. The molecule has 0 nitrogen and oxygen atoms in total. The number of fused-ring (bicyclic) bond motifs is 8. The molecule has 2 aliphatic rings. The lowest BCUT2D eigenvalue weighted by Crippen LogP contribution is -2.25. The standard InChI is InChI=1S/C76H94/c1-5-9-13-17-21-33-53-75(54-34-22-18-14-10-6-2)71-43-31-29-41-67(71)69-51-47-59(57-73(69)75)45-49-65-61-37-25-27-39-63(61)66(64-40-28-26-38-62(64)65)50-46-60-48-52-70-68-42-30-32-44-72(68)76(74(70)58-60,55-35-23-19-15-11-7-3)56-36-24-20-16-12-8-4/h25-32,37-52,57-58H,5-24,33-36,53-56H2,1-4H3/b49-45+,50-46+. The number of hydrogen-bond acceptors (Lipinski definition) is 0. The molecular weight excluding hydrogens is 913 g/mol. The first-order chi connectivity index (χ1) is 37.6. The van der Waals surface area contributed by atoms with E-state index in [0.29, 0.717) is 0 Å². The predicted octanol–water partition coefficient (Wildman–Crippen LogP) is 23.9. The summed E-state index contributed by atoms with van der Waals surface area (Å²) >= 11 is 0. The number of unbranched alkanes of at least 4 members (excludes halogenated alkanes) is 20. The lowest BCUT2D eigenvalue weighted by Gasteiger charge is -2.33. The average molecular weight is 1010 g/mol. The van der Waals surface area contributed by atoms with Crippen LogP contribution in [0.15, 0.2) is 133 Å². The van der Waals surface area contributed by atoms with E-state index >= 15 is 0 Å².